The molecule has 0 spiro atoms. The standard InChI is InChI=1S/C11H18N4O/c1-11(5-3-4-6-12-11)10(16)14-9-7-13-15(2)8-9/h7-8,12H,3-6H2,1-2H3,(H,14,16). The summed E-state index contributed by atoms with van der Waals surface area (Å²) in [4.78, 5) is 12.1. The van der Waals surface area contributed by atoms with Crippen LogP contribution in [0.4, 0.5) is 5.69 Å². The molecular weight excluding hydrogens is 204 g/mol. The Hall–Kier alpha value is -1.36. The molecule has 0 bridgehead atoms. The number of nitrogens with one attached hydrogen (secondary N) is 2. The number of piperidine rings is 1. The van der Waals surface area contributed by atoms with E-state index in [0.29, 0.717) is 0 Å². The van der Waals surface area contributed by atoms with Crippen LogP contribution in [0.1, 0.15) is 26.2 Å². The van der Waals surface area contributed by atoms with Gasteiger partial charge in [-0.3, -0.25) is 9.48 Å². The molecule has 1 aliphatic rings. The molecule has 1 aromatic heterocycles. The second-order valence-corrected chi connectivity index (χ2v) is 4.57. The molecule has 1 aromatic rings. The highest BCUT2D eigenvalue weighted by atomic mass is 16.2. The van der Waals surface area contributed by atoms with Crippen molar-refractivity contribution in [3.8, 4) is 0 Å². The Labute approximate surface area is 95.2 Å². The zero-order chi connectivity index (χ0) is 11.6. The number of anilines is 1. The summed E-state index contributed by atoms with van der Waals surface area (Å²) >= 11 is 0. The monoisotopic (exact) mass is 222 g/mol. The molecule has 2 rings (SSSR count). The smallest absolute Gasteiger partial charge is 0.244 e. The summed E-state index contributed by atoms with van der Waals surface area (Å²) in [5.41, 5.74) is 0.315. The highest BCUT2D eigenvalue weighted by Crippen LogP contribution is 2.20. The second kappa shape index (κ2) is 4.25. The summed E-state index contributed by atoms with van der Waals surface area (Å²) in [6.07, 6.45) is 6.59. The number of amides is 1. The lowest BCUT2D eigenvalue weighted by Crippen LogP contribution is -2.54. The minimum absolute atomic E-state index is 0.0280. The Balaban J connectivity index is 2.01. The van der Waals surface area contributed by atoms with Gasteiger partial charge in [-0.25, -0.2) is 0 Å². The van der Waals surface area contributed by atoms with Crippen LogP contribution in [0, 0.1) is 0 Å². The lowest BCUT2D eigenvalue weighted by atomic mass is 9.90. The number of aromatic nitrogens is 2. The first-order valence-corrected chi connectivity index (χ1v) is 5.65. The van der Waals surface area contributed by atoms with E-state index in [9.17, 15) is 4.79 Å². The summed E-state index contributed by atoms with van der Waals surface area (Å²) < 4.78 is 1.67. The molecule has 0 saturated carbocycles. The molecule has 1 fully saturated rings. The van der Waals surface area contributed by atoms with E-state index in [0.717, 1.165) is 31.5 Å². The first-order chi connectivity index (χ1) is 7.60. The van der Waals surface area contributed by atoms with Gasteiger partial charge in [0.2, 0.25) is 5.91 Å². The third-order valence-electron chi connectivity index (χ3n) is 3.08. The van der Waals surface area contributed by atoms with E-state index in [1.165, 1.54) is 0 Å². The van der Waals surface area contributed by atoms with E-state index < -0.39 is 5.54 Å². The topological polar surface area (TPSA) is 59.0 Å². The molecule has 1 unspecified atom stereocenters. The maximum atomic E-state index is 12.1. The predicted molar refractivity (Wildman–Crippen MR) is 62.1 cm³/mol. The summed E-state index contributed by atoms with van der Waals surface area (Å²) in [6.45, 7) is 2.87. The molecule has 0 aliphatic carbocycles. The minimum atomic E-state index is -0.436. The largest absolute Gasteiger partial charge is 0.322 e. The van der Waals surface area contributed by atoms with Crippen LogP contribution in [0.2, 0.25) is 0 Å². The van der Waals surface area contributed by atoms with Crippen molar-refractivity contribution in [3.05, 3.63) is 12.4 Å². The molecule has 0 radical (unpaired) electrons. The van der Waals surface area contributed by atoms with Crippen LogP contribution in [0.5, 0.6) is 0 Å². The molecule has 88 valence electrons. The van der Waals surface area contributed by atoms with Crippen LogP contribution in [0.15, 0.2) is 12.4 Å². The van der Waals surface area contributed by atoms with Crippen molar-refractivity contribution in [1.82, 2.24) is 15.1 Å². The molecule has 0 aromatic carbocycles. The van der Waals surface area contributed by atoms with Crippen molar-refractivity contribution >= 4 is 11.6 Å². The number of aryl methyl sites for hydroxylation is 1. The zero-order valence-electron chi connectivity index (χ0n) is 9.79. The van der Waals surface area contributed by atoms with Crippen molar-refractivity contribution in [2.24, 2.45) is 7.05 Å². The zero-order valence-corrected chi connectivity index (χ0v) is 9.79. The fourth-order valence-electron chi connectivity index (χ4n) is 2.00. The Morgan fingerprint density at radius 2 is 2.44 bits per heavy atom. The van der Waals surface area contributed by atoms with Crippen molar-refractivity contribution in [3.63, 3.8) is 0 Å². The second-order valence-electron chi connectivity index (χ2n) is 4.57. The van der Waals surface area contributed by atoms with Gasteiger partial charge in [0.1, 0.15) is 0 Å². The number of carbonyl (C=O) groups excluding carboxylic acids is 1. The van der Waals surface area contributed by atoms with Crippen LogP contribution >= 0.6 is 0 Å². The van der Waals surface area contributed by atoms with E-state index >= 15 is 0 Å². The van der Waals surface area contributed by atoms with Crippen LogP contribution in [0.3, 0.4) is 0 Å². The highest BCUT2D eigenvalue weighted by molar-refractivity contribution is 5.97. The predicted octanol–water partition coefficient (Wildman–Crippen LogP) is 0.891. The van der Waals surface area contributed by atoms with E-state index in [-0.39, 0.29) is 5.91 Å². The van der Waals surface area contributed by atoms with E-state index in [4.69, 9.17) is 0 Å². The van der Waals surface area contributed by atoms with E-state index in [2.05, 4.69) is 15.7 Å². The van der Waals surface area contributed by atoms with Crippen molar-refractivity contribution in [2.75, 3.05) is 11.9 Å². The fourth-order valence-corrected chi connectivity index (χ4v) is 2.00. The number of hydrogen-bond donors (Lipinski definition) is 2. The maximum absolute atomic E-state index is 12.1. The van der Waals surface area contributed by atoms with Gasteiger partial charge in [-0.05, 0) is 32.7 Å². The number of nitrogens with zero attached hydrogens (tertiary/aromatic N) is 2. The maximum Gasteiger partial charge on any atom is 0.244 e. The van der Waals surface area contributed by atoms with Gasteiger partial charge in [-0.15, -0.1) is 0 Å². The fraction of sp³-hybridized carbons (Fsp3) is 0.636. The summed E-state index contributed by atoms with van der Waals surface area (Å²) in [5, 5.41) is 10.2. The number of hydrogen-bond acceptors (Lipinski definition) is 3. The normalized spacial score (nSPS) is 25.4. The SMILES string of the molecule is Cn1cc(NC(=O)C2(C)CCCCN2)cn1. The van der Waals surface area contributed by atoms with Crippen LogP contribution < -0.4 is 10.6 Å². The molecule has 1 saturated heterocycles. The average molecular weight is 222 g/mol. The molecule has 1 atom stereocenters. The number of carbonyl (C=O) groups is 1. The Kier molecular flexibility index (Phi) is 2.96. The van der Waals surface area contributed by atoms with E-state index in [1.54, 1.807) is 17.1 Å². The molecule has 5 heteroatoms. The van der Waals surface area contributed by atoms with Gasteiger partial charge in [0, 0.05) is 13.2 Å². The first-order valence-electron chi connectivity index (χ1n) is 5.65. The molecular formula is C11H18N4O. The van der Waals surface area contributed by atoms with E-state index in [1.807, 2.05) is 14.0 Å². The minimum Gasteiger partial charge on any atom is -0.322 e. The Bertz CT molecular complexity index is 379. The van der Waals surface area contributed by atoms with Crippen LogP contribution in [-0.4, -0.2) is 27.8 Å². The Morgan fingerprint density at radius 3 is 3.00 bits per heavy atom. The van der Waals surface area contributed by atoms with Crippen LogP contribution in [-0.2, 0) is 11.8 Å². The highest BCUT2D eigenvalue weighted by Gasteiger charge is 2.34. The molecule has 16 heavy (non-hydrogen) atoms. The van der Waals surface area contributed by atoms with Crippen molar-refractivity contribution in [2.45, 2.75) is 31.7 Å². The van der Waals surface area contributed by atoms with Gasteiger partial charge in [0.25, 0.3) is 0 Å². The average Bonchev–Trinajstić information content (AvgIpc) is 2.65. The lowest BCUT2D eigenvalue weighted by Gasteiger charge is -2.33. The summed E-state index contributed by atoms with van der Waals surface area (Å²) in [7, 11) is 1.83. The molecule has 1 amide bonds. The first kappa shape index (κ1) is 11.1. The molecule has 1 aliphatic heterocycles. The molecule has 5 nitrogen and oxygen atoms in total. The quantitative estimate of drug-likeness (QED) is 0.781. The molecule has 2 N–H and O–H groups in total. The summed E-state index contributed by atoms with van der Waals surface area (Å²) in [5.74, 6) is 0.0280. The van der Waals surface area contributed by atoms with Gasteiger partial charge >= 0.3 is 0 Å². The number of rotatable bonds is 2. The van der Waals surface area contributed by atoms with Gasteiger partial charge < -0.3 is 10.6 Å². The summed E-state index contributed by atoms with van der Waals surface area (Å²) in [6, 6.07) is 0. The van der Waals surface area contributed by atoms with Crippen molar-refractivity contribution < 1.29 is 4.79 Å². The Morgan fingerprint density at radius 1 is 1.62 bits per heavy atom. The van der Waals surface area contributed by atoms with Crippen LogP contribution in [0.25, 0.3) is 0 Å². The van der Waals surface area contributed by atoms with Gasteiger partial charge in [0.15, 0.2) is 0 Å². The van der Waals surface area contributed by atoms with Crippen molar-refractivity contribution in [1.29, 1.82) is 0 Å². The van der Waals surface area contributed by atoms with Gasteiger partial charge in [-0.1, -0.05) is 0 Å². The third-order valence-corrected chi connectivity index (χ3v) is 3.08. The molecule has 2 heterocycles. The lowest BCUT2D eigenvalue weighted by molar-refractivity contribution is -0.122. The van der Waals surface area contributed by atoms with Gasteiger partial charge in [0.05, 0.1) is 17.4 Å². The third kappa shape index (κ3) is 2.24. The van der Waals surface area contributed by atoms with Gasteiger partial charge in [-0.2, -0.15) is 5.10 Å².